The van der Waals surface area contributed by atoms with Gasteiger partial charge >= 0.3 is 5.76 Å². The number of benzene rings is 2. The number of nitrogens with zero attached hydrogens (tertiary/aromatic N) is 3. The molecule has 0 atom stereocenters. The van der Waals surface area contributed by atoms with Crippen LogP contribution >= 0.6 is 11.5 Å². The van der Waals surface area contributed by atoms with Crippen molar-refractivity contribution in [2.24, 2.45) is 0 Å². The molecule has 10 heteroatoms. The first-order chi connectivity index (χ1) is 12.5. The van der Waals surface area contributed by atoms with Gasteiger partial charge in [-0.15, -0.1) is 0 Å². The maximum atomic E-state index is 12.4. The Bertz CT molecular complexity index is 1210. The summed E-state index contributed by atoms with van der Waals surface area (Å²) in [6, 6.07) is 13.7. The van der Waals surface area contributed by atoms with Crippen molar-refractivity contribution in [1.29, 1.82) is 0 Å². The van der Waals surface area contributed by atoms with Gasteiger partial charge in [0.25, 0.3) is 10.0 Å². The molecule has 0 saturated heterocycles. The first-order valence-electron chi connectivity index (χ1n) is 7.50. The average molecular weight is 388 g/mol. The topological polar surface area (TPSA) is 107 Å². The molecule has 2 aromatic heterocycles. The molecule has 0 amide bonds. The molecule has 4 aromatic rings. The number of aromatic nitrogens is 3. The van der Waals surface area contributed by atoms with E-state index < -0.39 is 15.8 Å². The van der Waals surface area contributed by atoms with Crippen LogP contribution in [0, 0.1) is 0 Å². The van der Waals surface area contributed by atoms with Gasteiger partial charge in [0.2, 0.25) is 5.13 Å². The summed E-state index contributed by atoms with van der Waals surface area (Å²) in [7, 11) is -3.85. The van der Waals surface area contributed by atoms with Crippen LogP contribution in [0.25, 0.3) is 11.1 Å². The van der Waals surface area contributed by atoms with E-state index in [0.717, 1.165) is 17.1 Å². The molecule has 4 rings (SSSR count). The van der Waals surface area contributed by atoms with Crippen LogP contribution in [-0.2, 0) is 16.6 Å². The third-order valence-electron chi connectivity index (χ3n) is 3.72. The van der Waals surface area contributed by atoms with Crippen LogP contribution in [-0.4, -0.2) is 22.3 Å². The van der Waals surface area contributed by atoms with Gasteiger partial charge in [-0.05, 0) is 17.7 Å². The van der Waals surface area contributed by atoms with E-state index in [1.54, 1.807) is 6.07 Å². The minimum atomic E-state index is -3.85. The standard InChI is InChI=1S/C16H12N4O4S2/c21-16-20(9-11-4-2-1-3-5-11)13-7-6-12(8-14(13)24-16)26(22,23)19-15-17-10-18-25-15/h1-8,10H,9H2,(H,17,18,19). The van der Waals surface area contributed by atoms with Crippen LogP contribution < -0.4 is 10.5 Å². The van der Waals surface area contributed by atoms with Gasteiger partial charge in [-0.2, -0.15) is 4.37 Å². The molecule has 0 spiro atoms. The molecule has 0 bridgehead atoms. The number of rotatable bonds is 5. The zero-order chi connectivity index (χ0) is 18.1. The third kappa shape index (κ3) is 3.11. The maximum absolute atomic E-state index is 12.4. The van der Waals surface area contributed by atoms with Crippen molar-refractivity contribution in [2.45, 2.75) is 11.4 Å². The Balaban J connectivity index is 1.72. The lowest BCUT2D eigenvalue weighted by Gasteiger charge is -2.05. The Hall–Kier alpha value is -2.98. The number of sulfonamides is 1. The molecule has 0 aliphatic heterocycles. The number of hydrogen-bond acceptors (Lipinski definition) is 7. The zero-order valence-corrected chi connectivity index (χ0v) is 14.8. The van der Waals surface area contributed by atoms with E-state index in [1.165, 1.54) is 23.0 Å². The summed E-state index contributed by atoms with van der Waals surface area (Å²) in [4.78, 5) is 15.9. The molecule has 132 valence electrons. The van der Waals surface area contributed by atoms with Crippen LogP contribution in [0.3, 0.4) is 0 Å². The second-order valence-electron chi connectivity index (χ2n) is 5.42. The van der Waals surface area contributed by atoms with Crippen LogP contribution in [0.15, 0.2) is 69.0 Å². The first-order valence-corrected chi connectivity index (χ1v) is 9.75. The maximum Gasteiger partial charge on any atom is 0.420 e. The monoisotopic (exact) mass is 388 g/mol. The van der Waals surface area contributed by atoms with Crippen molar-refractivity contribution >= 4 is 37.8 Å². The molecule has 0 fully saturated rings. The van der Waals surface area contributed by atoms with E-state index in [0.29, 0.717) is 12.1 Å². The normalized spacial score (nSPS) is 11.7. The predicted octanol–water partition coefficient (Wildman–Crippen LogP) is 2.30. The molecular formula is C16H12N4O4S2. The highest BCUT2D eigenvalue weighted by Crippen LogP contribution is 2.22. The first kappa shape index (κ1) is 16.5. The third-order valence-corrected chi connectivity index (χ3v) is 5.76. The molecular weight excluding hydrogens is 376 g/mol. The predicted molar refractivity (Wildman–Crippen MR) is 96.7 cm³/mol. The zero-order valence-electron chi connectivity index (χ0n) is 13.2. The van der Waals surface area contributed by atoms with Gasteiger partial charge < -0.3 is 4.42 Å². The minimum Gasteiger partial charge on any atom is -0.408 e. The minimum absolute atomic E-state index is 0.0270. The van der Waals surface area contributed by atoms with Gasteiger partial charge in [-0.1, -0.05) is 30.3 Å². The fourth-order valence-corrected chi connectivity index (χ4v) is 4.20. The van der Waals surface area contributed by atoms with Gasteiger partial charge in [0.05, 0.1) is 17.0 Å². The summed E-state index contributed by atoms with van der Waals surface area (Å²) in [6.07, 6.45) is 1.26. The summed E-state index contributed by atoms with van der Waals surface area (Å²) in [6.45, 7) is 0.335. The van der Waals surface area contributed by atoms with Crippen molar-refractivity contribution < 1.29 is 12.8 Å². The number of oxazole rings is 1. The second-order valence-corrected chi connectivity index (χ2v) is 7.88. The van der Waals surface area contributed by atoms with Crippen molar-refractivity contribution in [1.82, 2.24) is 13.9 Å². The highest BCUT2D eigenvalue weighted by molar-refractivity contribution is 7.93. The smallest absolute Gasteiger partial charge is 0.408 e. The molecule has 26 heavy (non-hydrogen) atoms. The lowest BCUT2D eigenvalue weighted by Crippen LogP contribution is -2.15. The number of anilines is 1. The highest BCUT2D eigenvalue weighted by Gasteiger charge is 2.19. The Morgan fingerprint density at radius 3 is 2.69 bits per heavy atom. The van der Waals surface area contributed by atoms with Gasteiger partial charge in [0.1, 0.15) is 6.33 Å². The van der Waals surface area contributed by atoms with E-state index in [9.17, 15) is 13.2 Å². The van der Waals surface area contributed by atoms with Crippen molar-refractivity contribution in [3.8, 4) is 0 Å². The second kappa shape index (κ2) is 6.39. The van der Waals surface area contributed by atoms with Gasteiger partial charge in [-0.3, -0.25) is 9.29 Å². The Kier molecular flexibility index (Phi) is 4.05. The van der Waals surface area contributed by atoms with Crippen LogP contribution in [0.4, 0.5) is 5.13 Å². The van der Waals surface area contributed by atoms with Crippen molar-refractivity contribution in [3.63, 3.8) is 0 Å². The SMILES string of the molecule is O=c1oc2cc(S(=O)(=O)Nc3ncns3)ccc2n1Cc1ccccc1. The van der Waals surface area contributed by atoms with Crippen molar-refractivity contribution in [3.05, 3.63) is 71.0 Å². The van der Waals surface area contributed by atoms with Crippen LogP contribution in [0.2, 0.25) is 0 Å². The molecule has 2 heterocycles. The van der Waals surface area contributed by atoms with Crippen molar-refractivity contribution in [2.75, 3.05) is 4.72 Å². The van der Waals surface area contributed by atoms with E-state index in [1.807, 2.05) is 30.3 Å². The molecule has 0 saturated carbocycles. The molecule has 0 unspecified atom stereocenters. The van der Waals surface area contributed by atoms with Gasteiger partial charge in [0.15, 0.2) is 5.58 Å². The van der Waals surface area contributed by atoms with E-state index in [4.69, 9.17) is 4.42 Å². The van der Waals surface area contributed by atoms with Crippen LogP contribution in [0.5, 0.6) is 0 Å². The fraction of sp³-hybridized carbons (Fsp3) is 0.0625. The quantitative estimate of drug-likeness (QED) is 0.562. The number of fused-ring (bicyclic) bond motifs is 1. The number of hydrogen-bond donors (Lipinski definition) is 1. The van der Waals surface area contributed by atoms with E-state index in [2.05, 4.69) is 14.1 Å². The highest BCUT2D eigenvalue weighted by atomic mass is 32.2. The molecule has 1 N–H and O–H groups in total. The largest absolute Gasteiger partial charge is 0.420 e. The lowest BCUT2D eigenvalue weighted by molar-refractivity contribution is 0.517. The Morgan fingerprint density at radius 2 is 1.96 bits per heavy atom. The van der Waals surface area contributed by atoms with E-state index >= 15 is 0 Å². The lowest BCUT2D eigenvalue weighted by atomic mass is 10.2. The van der Waals surface area contributed by atoms with Crippen LogP contribution in [0.1, 0.15) is 5.56 Å². The van der Waals surface area contributed by atoms with E-state index in [-0.39, 0.29) is 15.6 Å². The molecule has 0 aliphatic carbocycles. The molecule has 0 radical (unpaired) electrons. The molecule has 2 aromatic carbocycles. The average Bonchev–Trinajstić information content (AvgIpc) is 3.23. The summed E-state index contributed by atoms with van der Waals surface area (Å²) >= 11 is 0.927. The summed E-state index contributed by atoms with van der Waals surface area (Å²) in [5.74, 6) is -0.546. The summed E-state index contributed by atoms with van der Waals surface area (Å²) in [5.41, 5.74) is 1.66. The summed E-state index contributed by atoms with van der Waals surface area (Å²) < 4.78 is 37.6. The fourth-order valence-electron chi connectivity index (χ4n) is 2.52. The Labute approximate surface area is 152 Å². The summed E-state index contributed by atoms with van der Waals surface area (Å²) in [5, 5.41) is 0.160. The molecule has 8 nitrogen and oxygen atoms in total. The van der Waals surface area contributed by atoms with Gasteiger partial charge in [0, 0.05) is 17.6 Å². The number of nitrogens with one attached hydrogen (secondary N) is 1. The Morgan fingerprint density at radius 1 is 1.15 bits per heavy atom. The molecule has 0 aliphatic rings. The van der Waals surface area contributed by atoms with Gasteiger partial charge in [-0.25, -0.2) is 18.2 Å².